The molecule has 1 N–H and O–H groups in total. The molecule has 1 saturated heterocycles. The number of rotatable bonds is 2. The van der Waals surface area contributed by atoms with Crippen LogP contribution in [0.15, 0.2) is 0 Å². The number of hydrogen-bond acceptors (Lipinski definition) is 2. The van der Waals surface area contributed by atoms with E-state index in [1.54, 1.807) is 0 Å². The zero-order valence-electron chi connectivity index (χ0n) is 8.75. The monoisotopic (exact) mass is 183 g/mol. The van der Waals surface area contributed by atoms with Gasteiger partial charge in [0.2, 0.25) is 0 Å². The minimum absolute atomic E-state index is 0.446. The van der Waals surface area contributed by atoms with Gasteiger partial charge in [0.25, 0.3) is 0 Å². The molecular weight excluding hydrogens is 162 g/mol. The van der Waals surface area contributed by atoms with Crippen molar-refractivity contribution in [2.75, 3.05) is 0 Å². The molecule has 0 amide bonds. The molecular formula is C11H21NO. The van der Waals surface area contributed by atoms with Crippen molar-refractivity contribution >= 4 is 0 Å². The van der Waals surface area contributed by atoms with Crippen LogP contribution in [-0.4, -0.2) is 24.3 Å². The average molecular weight is 183 g/mol. The lowest BCUT2D eigenvalue weighted by Crippen LogP contribution is -2.47. The summed E-state index contributed by atoms with van der Waals surface area (Å²) in [5, 5.41) is 3.74. The predicted molar refractivity (Wildman–Crippen MR) is 53.8 cm³/mol. The van der Waals surface area contributed by atoms with Crippen molar-refractivity contribution < 1.29 is 4.74 Å². The Labute approximate surface area is 81.0 Å². The highest BCUT2D eigenvalue weighted by Gasteiger charge is 2.27. The molecule has 0 spiro atoms. The minimum Gasteiger partial charge on any atom is -0.375 e. The fourth-order valence-corrected chi connectivity index (χ4v) is 2.45. The first-order chi connectivity index (χ1) is 6.24. The molecule has 76 valence electrons. The van der Waals surface area contributed by atoms with Gasteiger partial charge in [-0.1, -0.05) is 6.42 Å². The lowest BCUT2D eigenvalue weighted by atomic mass is 9.90. The summed E-state index contributed by atoms with van der Waals surface area (Å²) in [7, 11) is 0. The largest absolute Gasteiger partial charge is 0.375 e. The Morgan fingerprint density at radius 1 is 1.00 bits per heavy atom. The lowest BCUT2D eigenvalue weighted by molar-refractivity contribution is -0.0448. The van der Waals surface area contributed by atoms with Gasteiger partial charge in [0.1, 0.15) is 0 Å². The molecule has 1 aliphatic heterocycles. The highest BCUT2D eigenvalue weighted by atomic mass is 16.5. The van der Waals surface area contributed by atoms with Gasteiger partial charge in [-0.25, -0.2) is 0 Å². The van der Waals surface area contributed by atoms with E-state index in [0.29, 0.717) is 18.2 Å². The maximum atomic E-state index is 5.71. The lowest BCUT2D eigenvalue weighted by Gasteiger charge is -2.37. The van der Waals surface area contributed by atoms with Crippen molar-refractivity contribution in [1.29, 1.82) is 0 Å². The van der Waals surface area contributed by atoms with E-state index in [1.165, 1.54) is 32.1 Å². The predicted octanol–water partition coefficient (Wildman–Crippen LogP) is 2.08. The summed E-state index contributed by atoms with van der Waals surface area (Å²) in [4.78, 5) is 0. The summed E-state index contributed by atoms with van der Waals surface area (Å²) >= 11 is 0. The quantitative estimate of drug-likeness (QED) is 0.707. The van der Waals surface area contributed by atoms with Crippen LogP contribution in [0.1, 0.15) is 46.0 Å². The van der Waals surface area contributed by atoms with E-state index in [2.05, 4.69) is 19.2 Å². The van der Waals surface area contributed by atoms with Crippen molar-refractivity contribution in [3.05, 3.63) is 0 Å². The van der Waals surface area contributed by atoms with Crippen LogP contribution in [0.2, 0.25) is 0 Å². The molecule has 0 aromatic carbocycles. The highest BCUT2D eigenvalue weighted by Crippen LogP contribution is 2.24. The molecule has 0 radical (unpaired) electrons. The Kier molecular flexibility index (Phi) is 2.89. The van der Waals surface area contributed by atoms with Crippen LogP contribution in [0, 0.1) is 0 Å². The third-order valence-corrected chi connectivity index (χ3v) is 3.27. The summed E-state index contributed by atoms with van der Waals surface area (Å²) in [6, 6.07) is 1.53. The average Bonchev–Trinajstić information content (AvgIpc) is 1.95. The van der Waals surface area contributed by atoms with Crippen molar-refractivity contribution in [3.63, 3.8) is 0 Å². The normalized spacial score (nSPS) is 41.5. The summed E-state index contributed by atoms with van der Waals surface area (Å²) in [5.74, 6) is 0. The molecule has 0 bridgehead atoms. The van der Waals surface area contributed by atoms with Gasteiger partial charge in [-0.2, -0.15) is 0 Å². The Bertz CT molecular complexity index is 157. The summed E-state index contributed by atoms with van der Waals surface area (Å²) in [6.45, 7) is 4.37. The molecule has 2 heteroatoms. The maximum Gasteiger partial charge on any atom is 0.0565 e. The van der Waals surface area contributed by atoms with Crippen LogP contribution in [0.5, 0.6) is 0 Å². The van der Waals surface area contributed by atoms with Gasteiger partial charge < -0.3 is 10.1 Å². The second-order valence-corrected chi connectivity index (χ2v) is 4.72. The van der Waals surface area contributed by atoms with E-state index in [1.807, 2.05) is 0 Å². The Balaban J connectivity index is 1.77. The van der Waals surface area contributed by atoms with Gasteiger partial charge >= 0.3 is 0 Å². The third kappa shape index (κ3) is 2.44. The first kappa shape index (κ1) is 9.47. The highest BCUT2D eigenvalue weighted by molar-refractivity contribution is 4.85. The molecule has 0 aromatic rings. The first-order valence-corrected chi connectivity index (χ1v) is 5.65. The SMILES string of the molecule is CC1CC(NC2CCC2)CC(C)O1. The zero-order chi connectivity index (χ0) is 9.26. The summed E-state index contributed by atoms with van der Waals surface area (Å²) in [5.41, 5.74) is 0. The second kappa shape index (κ2) is 3.97. The molecule has 13 heavy (non-hydrogen) atoms. The van der Waals surface area contributed by atoms with Crippen LogP contribution in [0.3, 0.4) is 0 Å². The topological polar surface area (TPSA) is 21.3 Å². The molecule has 1 heterocycles. The molecule has 2 aliphatic rings. The van der Waals surface area contributed by atoms with Crippen LogP contribution < -0.4 is 5.32 Å². The Morgan fingerprint density at radius 3 is 2.08 bits per heavy atom. The van der Waals surface area contributed by atoms with Crippen LogP contribution in [0.25, 0.3) is 0 Å². The summed E-state index contributed by atoms with van der Waals surface area (Å²) < 4.78 is 5.71. The maximum absolute atomic E-state index is 5.71. The molecule has 2 nitrogen and oxygen atoms in total. The summed E-state index contributed by atoms with van der Waals surface area (Å²) in [6.07, 6.45) is 7.48. The zero-order valence-corrected chi connectivity index (χ0v) is 8.75. The Hall–Kier alpha value is -0.0800. The van der Waals surface area contributed by atoms with Crippen molar-refractivity contribution in [2.45, 2.75) is 70.2 Å². The van der Waals surface area contributed by atoms with E-state index in [-0.39, 0.29) is 0 Å². The van der Waals surface area contributed by atoms with Gasteiger partial charge in [-0.3, -0.25) is 0 Å². The standard InChI is InChI=1S/C11H21NO/c1-8-6-11(7-9(2)13-8)12-10-4-3-5-10/h8-12H,3-7H2,1-2H3. The molecule has 0 aromatic heterocycles. The smallest absolute Gasteiger partial charge is 0.0565 e. The van der Waals surface area contributed by atoms with E-state index in [0.717, 1.165) is 6.04 Å². The molecule has 2 unspecified atom stereocenters. The fourth-order valence-electron chi connectivity index (χ4n) is 2.45. The van der Waals surface area contributed by atoms with Crippen LogP contribution in [-0.2, 0) is 4.74 Å². The van der Waals surface area contributed by atoms with Gasteiger partial charge in [-0.05, 0) is 39.5 Å². The number of nitrogens with one attached hydrogen (secondary N) is 1. The van der Waals surface area contributed by atoms with Gasteiger partial charge in [-0.15, -0.1) is 0 Å². The van der Waals surface area contributed by atoms with Crippen molar-refractivity contribution in [1.82, 2.24) is 5.32 Å². The number of hydrogen-bond donors (Lipinski definition) is 1. The second-order valence-electron chi connectivity index (χ2n) is 4.72. The molecule has 1 aliphatic carbocycles. The van der Waals surface area contributed by atoms with Gasteiger partial charge in [0.05, 0.1) is 12.2 Å². The van der Waals surface area contributed by atoms with Crippen molar-refractivity contribution in [2.24, 2.45) is 0 Å². The fraction of sp³-hybridized carbons (Fsp3) is 1.00. The molecule has 2 atom stereocenters. The van der Waals surface area contributed by atoms with Gasteiger partial charge in [0, 0.05) is 12.1 Å². The van der Waals surface area contributed by atoms with E-state index in [4.69, 9.17) is 4.74 Å². The van der Waals surface area contributed by atoms with Crippen molar-refractivity contribution in [3.8, 4) is 0 Å². The molecule has 2 fully saturated rings. The molecule has 2 rings (SSSR count). The van der Waals surface area contributed by atoms with Gasteiger partial charge in [0.15, 0.2) is 0 Å². The number of ether oxygens (including phenoxy) is 1. The first-order valence-electron chi connectivity index (χ1n) is 5.65. The van der Waals surface area contributed by atoms with Crippen LogP contribution >= 0.6 is 0 Å². The third-order valence-electron chi connectivity index (χ3n) is 3.27. The van der Waals surface area contributed by atoms with E-state index in [9.17, 15) is 0 Å². The minimum atomic E-state index is 0.446. The van der Waals surface area contributed by atoms with E-state index >= 15 is 0 Å². The molecule has 1 saturated carbocycles. The Morgan fingerprint density at radius 2 is 1.62 bits per heavy atom. The van der Waals surface area contributed by atoms with E-state index < -0.39 is 0 Å². The van der Waals surface area contributed by atoms with Crippen LogP contribution in [0.4, 0.5) is 0 Å².